The van der Waals surface area contributed by atoms with Crippen LogP contribution in [0.15, 0.2) is 237 Å². The molecule has 0 saturated carbocycles. The van der Waals surface area contributed by atoms with Crippen molar-refractivity contribution >= 4 is 27.8 Å². The van der Waals surface area contributed by atoms with Crippen molar-refractivity contribution in [3.63, 3.8) is 0 Å². The van der Waals surface area contributed by atoms with E-state index in [4.69, 9.17) is 4.74 Å². The molecule has 0 N–H and O–H groups in total. The summed E-state index contributed by atoms with van der Waals surface area (Å²) in [4.78, 5) is 2.35. The van der Waals surface area contributed by atoms with Gasteiger partial charge in [-0.05, 0) is 122 Å². The molecule has 0 saturated heterocycles. The molecule has 0 amide bonds. The summed E-state index contributed by atoms with van der Waals surface area (Å²) in [6.45, 7) is 0. The fourth-order valence-electron chi connectivity index (χ4n) is 8.68. The number of nitrogens with zero attached hydrogens (tertiary/aromatic N) is 1. The second-order valence-electron chi connectivity index (χ2n) is 15.3. The van der Waals surface area contributed by atoms with E-state index in [9.17, 15) is 0 Å². The number of hydrogen-bond acceptors (Lipinski definition) is 2. The summed E-state index contributed by atoms with van der Waals surface area (Å²) in [6, 6.07) is 84.7. The molecule has 10 aromatic carbocycles. The van der Waals surface area contributed by atoms with E-state index in [1.165, 1.54) is 49.7 Å². The van der Waals surface area contributed by atoms with E-state index in [1.807, 2.05) is 0 Å². The molecule has 0 aromatic heterocycles. The van der Waals surface area contributed by atoms with Crippen molar-refractivity contribution in [2.75, 3.05) is 4.90 Å². The molecule has 0 unspecified atom stereocenters. The summed E-state index contributed by atoms with van der Waals surface area (Å²) in [5.74, 6) is 1.73. The second-order valence-corrected chi connectivity index (χ2v) is 15.3. The Bertz CT molecular complexity index is 3050. The van der Waals surface area contributed by atoms with Crippen LogP contribution in [0.2, 0.25) is 0 Å². The van der Waals surface area contributed by atoms with Gasteiger partial charge >= 0.3 is 0 Å². The third-order valence-corrected chi connectivity index (χ3v) is 11.7. The predicted octanol–water partition coefficient (Wildman–Crippen LogP) is 16.4. The Labute approximate surface area is 350 Å². The second kappa shape index (κ2) is 15.1. The van der Waals surface area contributed by atoms with Crippen LogP contribution in [0.3, 0.4) is 0 Å². The topological polar surface area (TPSA) is 12.5 Å². The molecule has 11 rings (SSSR count). The van der Waals surface area contributed by atoms with E-state index in [2.05, 4.69) is 241 Å². The van der Waals surface area contributed by atoms with Crippen LogP contribution in [0.5, 0.6) is 11.5 Å². The maximum absolute atomic E-state index is 6.75. The van der Waals surface area contributed by atoms with Crippen LogP contribution in [0, 0.1) is 0 Å². The molecule has 1 heterocycles. The fraction of sp³-hybridized carbons (Fsp3) is 0. The molecule has 0 spiro atoms. The Morgan fingerprint density at radius 3 is 1.40 bits per heavy atom. The Morgan fingerprint density at radius 1 is 0.267 bits per heavy atom. The quantitative estimate of drug-likeness (QED) is 0.160. The van der Waals surface area contributed by atoms with Crippen molar-refractivity contribution in [1.82, 2.24) is 0 Å². The van der Waals surface area contributed by atoms with Gasteiger partial charge in [0.15, 0.2) is 0 Å². The zero-order chi connectivity index (χ0) is 39.8. The third-order valence-electron chi connectivity index (χ3n) is 11.7. The van der Waals surface area contributed by atoms with Gasteiger partial charge < -0.3 is 9.64 Å². The lowest BCUT2D eigenvalue weighted by Crippen LogP contribution is -2.10. The Hall–Kier alpha value is -7.94. The molecule has 2 heteroatoms. The van der Waals surface area contributed by atoms with Crippen molar-refractivity contribution in [3.8, 4) is 78.3 Å². The summed E-state index contributed by atoms with van der Waals surface area (Å²) < 4.78 is 6.75. The third kappa shape index (κ3) is 6.51. The molecule has 0 radical (unpaired) electrons. The highest BCUT2D eigenvalue weighted by atomic mass is 16.5. The summed E-state index contributed by atoms with van der Waals surface area (Å²) >= 11 is 0. The number of ether oxygens (including phenoxy) is 1. The largest absolute Gasteiger partial charge is 0.456 e. The van der Waals surface area contributed by atoms with Gasteiger partial charge in [-0.25, -0.2) is 0 Å². The molecule has 1 aliphatic rings. The SMILES string of the molecule is c1ccc(-c2ccc(N(c3ccc(-c4ccccc4)cc3)c3cccc(-c4ccc5c6c(ccc5c4)-c4ccc(-c5ccccc5)cc4Oc4ccccc4-6)c3)cc2)cc1. The average Bonchev–Trinajstić information content (AvgIpc) is 3.47. The van der Waals surface area contributed by atoms with E-state index in [0.29, 0.717) is 0 Å². The molecule has 282 valence electrons. The zero-order valence-corrected chi connectivity index (χ0v) is 32.9. The van der Waals surface area contributed by atoms with E-state index >= 15 is 0 Å². The van der Waals surface area contributed by atoms with Gasteiger partial charge in [0.25, 0.3) is 0 Å². The standard InChI is InChI=1S/C58H39NO/c1-4-13-40(14-5-1)43-23-30-49(31-24-43)59(50-32-25-44(26-33-50)41-15-6-2-7-16-41)51-20-12-19-45(38-51)46-27-34-52-48(37-46)29-36-54-53-35-28-47(42-17-8-3-9-18-42)39-57(53)60-56-22-11-10-21-55(56)58(52)54/h1-39H. The number of rotatable bonds is 7. The van der Waals surface area contributed by atoms with Gasteiger partial charge in [-0.2, -0.15) is 0 Å². The summed E-state index contributed by atoms with van der Waals surface area (Å²) in [7, 11) is 0. The zero-order valence-electron chi connectivity index (χ0n) is 32.9. The number of hydrogen-bond donors (Lipinski definition) is 0. The first kappa shape index (κ1) is 35.2. The highest BCUT2D eigenvalue weighted by Gasteiger charge is 2.23. The first-order valence-corrected chi connectivity index (χ1v) is 20.5. The van der Waals surface area contributed by atoms with Gasteiger partial charge in [-0.15, -0.1) is 0 Å². The molecule has 60 heavy (non-hydrogen) atoms. The lowest BCUT2D eigenvalue weighted by molar-refractivity contribution is 0.488. The molecule has 0 bridgehead atoms. The first-order valence-electron chi connectivity index (χ1n) is 20.5. The van der Waals surface area contributed by atoms with Crippen LogP contribution in [-0.4, -0.2) is 0 Å². The van der Waals surface area contributed by atoms with Crippen LogP contribution in [0.25, 0.3) is 77.5 Å². The van der Waals surface area contributed by atoms with Crippen LogP contribution < -0.4 is 9.64 Å². The summed E-state index contributed by atoms with van der Waals surface area (Å²) in [5, 5.41) is 2.38. The normalized spacial score (nSPS) is 11.5. The molecule has 0 atom stereocenters. The van der Waals surface area contributed by atoms with E-state index in [-0.39, 0.29) is 0 Å². The lowest BCUT2D eigenvalue weighted by Gasteiger charge is -2.26. The number of para-hydroxylation sites is 1. The van der Waals surface area contributed by atoms with E-state index in [1.54, 1.807) is 0 Å². The Kier molecular flexibility index (Phi) is 8.87. The minimum absolute atomic E-state index is 0.862. The first-order chi connectivity index (χ1) is 29.7. The van der Waals surface area contributed by atoms with E-state index in [0.717, 1.165) is 56.4 Å². The summed E-state index contributed by atoms with van der Waals surface area (Å²) in [5.41, 5.74) is 17.2. The maximum atomic E-state index is 6.75. The number of fused-ring (bicyclic) bond motifs is 7. The van der Waals surface area contributed by atoms with Crippen molar-refractivity contribution in [2.45, 2.75) is 0 Å². The maximum Gasteiger partial charge on any atom is 0.135 e. The van der Waals surface area contributed by atoms with Gasteiger partial charge in [-0.1, -0.05) is 176 Å². The van der Waals surface area contributed by atoms with Crippen molar-refractivity contribution in [1.29, 1.82) is 0 Å². The molecule has 1 aliphatic heterocycles. The smallest absolute Gasteiger partial charge is 0.135 e. The fourth-order valence-corrected chi connectivity index (χ4v) is 8.68. The molecular formula is C58H39NO. The highest BCUT2D eigenvalue weighted by molar-refractivity contribution is 6.08. The minimum Gasteiger partial charge on any atom is -0.456 e. The molecule has 10 aromatic rings. The van der Waals surface area contributed by atoms with Crippen molar-refractivity contribution < 1.29 is 4.74 Å². The number of benzene rings is 10. The van der Waals surface area contributed by atoms with Crippen molar-refractivity contribution in [3.05, 3.63) is 237 Å². The minimum atomic E-state index is 0.862. The van der Waals surface area contributed by atoms with Crippen molar-refractivity contribution in [2.24, 2.45) is 0 Å². The predicted molar refractivity (Wildman–Crippen MR) is 251 cm³/mol. The van der Waals surface area contributed by atoms with Gasteiger partial charge in [0.05, 0.1) is 0 Å². The van der Waals surface area contributed by atoms with E-state index < -0.39 is 0 Å². The van der Waals surface area contributed by atoms with Gasteiger partial charge in [0.2, 0.25) is 0 Å². The van der Waals surface area contributed by atoms with Gasteiger partial charge in [-0.3, -0.25) is 0 Å². The highest BCUT2D eigenvalue weighted by Crippen LogP contribution is 2.50. The van der Waals surface area contributed by atoms with Gasteiger partial charge in [0.1, 0.15) is 11.5 Å². The molecule has 0 fully saturated rings. The Balaban J connectivity index is 0.996. The molecule has 2 nitrogen and oxygen atoms in total. The molecule has 0 aliphatic carbocycles. The molecular weight excluding hydrogens is 727 g/mol. The Morgan fingerprint density at radius 2 is 0.750 bits per heavy atom. The number of anilines is 3. The van der Waals surface area contributed by atoms with Crippen LogP contribution in [0.4, 0.5) is 17.1 Å². The van der Waals surface area contributed by atoms with Gasteiger partial charge in [0, 0.05) is 33.8 Å². The van der Waals surface area contributed by atoms with Crippen LogP contribution in [-0.2, 0) is 0 Å². The monoisotopic (exact) mass is 765 g/mol. The summed E-state index contributed by atoms with van der Waals surface area (Å²) in [6.07, 6.45) is 0. The van der Waals surface area contributed by atoms with Crippen LogP contribution in [0.1, 0.15) is 0 Å². The lowest BCUT2D eigenvalue weighted by atomic mass is 9.88. The average molecular weight is 766 g/mol. The van der Waals surface area contributed by atoms with Crippen LogP contribution >= 0.6 is 0 Å².